The van der Waals surface area contributed by atoms with Crippen LogP contribution in [0.15, 0.2) is 53.3 Å². The molecule has 3 aliphatic carbocycles. The Balaban J connectivity index is 0.00000220. The van der Waals surface area contributed by atoms with Gasteiger partial charge in [0.25, 0.3) is 0 Å². The van der Waals surface area contributed by atoms with Crippen LogP contribution in [0.4, 0.5) is 5.69 Å². The topological polar surface area (TPSA) is 144 Å². The van der Waals surface area contributed by atoms with Crippen molar-refractivity contribution in [2.24, 2.45) is 17.8 Å². The van der Waals surface area contributed by atoms with E-state index in [1.165, 1.54) is 6.92 Å². The van der Waals surface area contributed by atoms with Gasteiger partial charge in [-0.2, -0.15) is 0 Å². The number of nitrogens with one attached hydrogen (secondary N) is 1. The molecule has 0 amide bonds. The number of fused-ring (bicyclic) bond motifs is 3. The number of aliphatic hydroxyl groups is 2. The molecule has 0 heterocycles. The number of rotatable bonds is 7. The molecule has 5 N–H and O–H groups in total. The first-order valence-electron chi connectivity index (χ1n) is 13.3. The number of Topliss-reactive ketones (excluding diaryl/α,β-unsaturated/α-hetero) is 3. The maximum Gasteiger partial charge on any atom is 0.173 e. The highest BCUT2D eigenvalue weighted by molar-refractivity contribution is 6.22. The van der Waals surface area contributed by atoms with Crippen LogP contribution in [0, 0.1) is 17.8 Å². The van der Waals surface area contributed by atoms with Gasteiger partial charge in [0.2, 0.25) is 0 Å². The number of allylic oxidation sites excluding steroid dienone is 3. The maximum absolute atomic E-state index is 13.8. The second-order valence-corrected chi connectivity index (χ2v) is 10.4. The average Bonchev–Trinajstić information content (AvgIpc) is 2.88. The fraction of sp³-hybridized carbons (Fsp3) is 0.406. The quantitative estimate of drug-likeness (QED) is 0.286. The largest absolute Gasteiger partial charge is 0.511 e. The van der Waals surface area contributed by atoms with Gasteiger partial charge in [0.15, 0.2) is 17.3 Å². The highest BCUT2D eigenvalue weighted by Gasteiger charge is 2.50. The zero-order valence-electron chi connectivity index (χ0n) is 22.5. The van der Waals surface area contributed by atoms with Crippen LogP contribution in [-0.4, -0.2) is 46.7 Å². The Morgan fingerprint density at radius 3 is 2.42 bits per heavy atom. The van der Waals surface area contributed by atoms with E-state index in [1.54, 1.807) is 0 Å². The molecule has 0 aromatic heterocycles. The first-order valence-corrected chi connectivity index (χ1v) is 13.3. The molecule has 2 aromatic carbocycles. The van der Waals surface area contributed by atoms with Crippen molar-refractivity contribution in [1.82, 2.24) is 0 Å². The molecule has 0 aliphatic heterocycles. The van der Waals surface area contributed by atoms with E-state index in [4.69, 9.17) is 4.74 Å². The van der Waals surface area contributed by atoms with Crippen LogP contribution in [0.5, 0.6) is 5.75 Å². The molecule has 1 fully saturated rings. The highest BCUT2D eigenvalue weighted by Crippen LogP contribution is 2.51. The Hall–Kier alpha value is -3.91. The van der Waals surface area contributed by atoms with Crippen LogP contribution in [0.25, 0.3) is 16.9 Å². The smallest absolute Gasteiger partial charge is 0.173 e. The summed E-state index contributed by atoms with van der Waals surface area (Å²) in [6.07, 6.45) is 2.79. The van der Waals surface area contributed by atoms with Gasteiger partial charge in [-0.3, -0.25) is 14.4 Å². The van der Waals surface area contributed by atoms with Crippen LogP contribution in [0.2, 0.25) is 0 Å². The molecule has 5 rings (SSSR count). The minimum Gasteiger partial charge on any atom is -0.511 e. The van der Waals surface area contributed by atoms with Gasteiger partial charge in [-0.15, -0.1) is 0 Å². The third-order valence-corrected chi connectivity index (χ3v) is 8.10. The molecule has 0 bridgehead atoms. The van der Waals surface area contributed by atoms with Crippen LogP contribution >= 0.6 is 0 Å². The van der Waals surface area contributed by atoms with Crippen molar-refractivity contribution >= 4 is 28.8 Å². The summed E-state index contributed by atoms with van der Waals surface area (Å²) in [5.74, 6) is -3.17. The summed E-state index contributed by atoms with van der Waals surface area (Å²) in [7, 11) is 1.86. The monoisotopic (exact) mass is 553 g/mol. The van der Waals surface area contributed by atoms with Crippen LogP contribution in [-0.2, 0) is 20.8 Å². The van der Waals surface area contributed by atoms with E-state index >= 15 is 0 Å². The van der Waals surface area contributed by atoms with Crippen LogP contribution in [0.3, 0.4) is 0 Å². The van der Waals surface area contributed by atoms with Gasteiger partial charge < -0.3 is 25.7 Å². The predicted molar refractivity (Wildman–Crippen MR) is 160 cm³/mol. The van der Waals surface area contributed by atoms with E-state index in [0.29, 0.717) is 30.8 Å². The first kappa shape index (κ1) is 30.6. The Morgan fingerprint density at radius 1 is 1.10 bits per heavy atom. The minimum absolute atomic E-state index is 0. The standard InChI is InChI=1S/C31H33NO6.CH4.H2O.2H2/c1-4-5-12-38-24-11-10-21(17-6-8-20(32-3)9-7-17)22-14-18-13-19-15-23(34)25(16(2)33)29(35)27(19)30(36)26(18)31(37)28(22)24;;;;/h6-11,18-19,27,32,35,37H,4-5,12-15H2,1-3H3;1H4;1H2;2*1H. The molecule has 0 saturated heterocycles. The van der Waals surface area contributed by atoms with Crippen molar-refractivity contribution in [2.45, 2.75) is 53.4 Å². The average molecular weight is 554 g/mol. The number of hydrogen-bond acceptors (Lipinski definition) is 7. The predicted octanol–water partition coefficient (Wildman–Crippen LogP) is 5.90. The summed E-state index contributed by atoms with van der Waals surface area (Å²) >= 11 is 0. The summed E-state index contributed by atoms with van der Waals surface area (Å²) in [6, 6.07) is 11.8. The number of anilines is 1. The molecule has 0 radical (unpaired) electrons. The summed E-state index contributed by atoms with van der Waals surface area (Å²) in [5, 5.41) is 25.6. The lowest BCUT2D eigenvalue weighted by Gasteiger charge is -2.41. The zero-order valence-corrected chi connectivity index (χ0v) is 22.5. The molecule has 3 unspecified atom stereocenters. The van der Waals surface area contributed by atoms with Crippen LogP contribution < -0.4 is 10.1 Å². The van der Waals surface area contributed by atoms with Gasteiger partial charge in [0.05, 0.1) is 23.7 Å². The lowest BCUT2D eigenvalue weighted by molar-refractivity contribution is -0.127. The SMILES string of the molecule is C.CCCCOc1ccc(-c2ccc(NC)cc2)c2c1C(O)=C1C(=O)C3C(O)=C(C(C)=O)C(=O)CC3CC1C2.O.[HH].[HH]. The van der Waals surface area contributed by atoms with Crippen molar-refractivity contribution < 1.29 is 37.7 Å². The van der Waals surface area contributed by atoms with Gasteiger partial charge in [-0.05, 0) is 72.9 Å². The molecule has 8 nitrogen and oxygen atoms in total. The first-order chi connectivity index (χ1) is 18.3. The number of aliphatic hydroxyl groups excluding tert-OH is 2. The fourth-order valence-corrected chi connectivity index (χ4v) is 6.27. The fourth-order valence-electron chi connectivity index (χ4n) is 6.27. The molecule has 3 atom stereocenters. The van der Waals surface area contributed by atoms with E-state index in [0.717, 1.165) is 35.2 Å². The summed E-state index contributed by atoms with van der Waals surface area (Å²) in [6.45, 7) is 3.78. The Labute approximate surface area is 238 Å². The van der Waals surface area contributed by atoms with Crippen molar-refractivity contribution in [3.8, 4) is 16.9 Å². The molecule has 0 spiro atoms. The second kappa shape index (κ2) is 12.1. The van der Waals surface area contributed by atoms with Gasteiger partial charge >= 0.3 is 0 Å². The summed E-state index contributed by atoms with van der Waals surface area (Å²) < 4.78 is 6.08. The molecule has 8 heteroatoms. The highest BCUT2D eigenvalue weighted by atomic mass is 16.5. The van der Waals surface area contributed by atoms with E-state index in [-0.39, 0.29) is 45.0 Å². The zero-order chi connectivity index (χ0) is 27.1. The van der Waals surface area contributed by atoms with E-state index in [1.807, 2.05) is 43.4 Å². The number of ketones is 3. The lowest BCUT2D eigenvalue weighted by Crippen LogP contribution is -2.43. The minimum atomic E-state index is -0.997. The number of benzene rings is 2. The number of carbonyl (C=O) groups excluding carboxylic acids is 3. The maximum atomic E-state index is 13.8. The number of ether oxygens (including phenoxy) is 1. The third-order valence-electron chi connectivity index (χ3n) is 8.10. The summed E-state index contributed by atoms with van der Waals surface area (Å²) in [5.41, 5.74) is 4.30. The van der Waals surface area contributed by atoms with Crippen molar-refractivity contribution in [3.63, 3.8) is 0 Å². The van der Waals surface area contributed by atoms with E-state index in [2.05, 4.69) is 12.2 Å². The lowest BCUT2D eigenvalue weighted by atomic mass is 9.61. The van der Waals surface area contributed by atoms with Gasteiger partial charge in [-0.1, -0.05) is 39.0 Å². The normalized spacial score (nSPS) is 21.4. The Bertz CT molecular complexity index is 1400. The van der Waals surface area contributed by atoms with Crippen molar-refractivity contribution in [1.29, 1.82) is 0 Å². The number of hydrogen-bond donors (Lipinski definition) is 3. The Morgan fingerprint density at radius 2 is 1.80 bits per heavy atom. The number of unbranched alkanes of at least 4 members (excludes halogenated alkanes) is 1. The molecule has 3 aliphatic rings. The number of carbonyl (C=O) groups is 3. The molecule has 2 aromatic rings. The third kappa shape index (κ3) is 5.04. The Kier molecular flexibility index (Phi) is 9.25. The van der Waals surface area contributed by atoms with Crippen molar-refractivity contribution in [2.75, 3.05) is 19.0 Å². The van der Waals surface area contributed by atoms with Gasteiger partial charge in [-0.25, -0.2) is 0 Å². The van der Waals surface area contributed by atoms with E-state index in [9.17, 15) is 24.6 Å². The second-order valence-electron chi connectivity index (χ2n) is 10.4. The summed E-state index contributed by atoms with van der Waals surface area (Å²) in [4.78, 5) is 38.5. The van der Waals surface area contributed by atoms with Gasteiger partial charge in [0.1, 0.15) is 17.3 Å². The molecule has 218 valence electrons. The van der Waals surface area contributed by atoms with E-state index < -0.39 is 34.9 Å². The van der Waals surface area contributed by atoms with Crippen molar-refractivity contribution in [3.05, 3.63) is 64.4 Å². The molecular weight excluding hydrogens is 510 g/mol. The van der Waals surface area contributed by atoms with Crippen LogP contribution in [0.1, 0.15) is 60.9 Å². The molecule has 1 saturated carbocycles. The van der Waals surface area contributed by atoms with Gasteiger partial charge in [0, 0.05) is 27.6 Å². The molecular formula is C32H43NO7. The molecule has 40 heavy (non-hydrogen) atoms.